The van der Waals surface area contributed by atoms with Gasteiger partial charge in [-0.05, 0) is 40.1 Å². The Morgan fingerprint density at radius 3 is 2.88 bits per heavy atom. The molecule has 16 heavy (non-hydrogen) atoms. The fraction of sp³-hybridized carbons (Fsp3) is 0.0833. The van der Waals surface area contributed by atoms with Crippen LogP contribution in [0.15, 0.2) is 41.1 Å². The van der Waals surface area contributed by atoms with Crippen LogP contribution in [0.1, 0.15) is 0 Å². The maximum Gasteiger partial charge on any atom is 0.239 e. The van der Waals surface area contributed by atoms with E-state index in [1.807, 2.05) is 35.7 Å². The highest BCUT2D eigenvalue weighted by Crippen LogP contribution is 2.24. The lowest BCUT2D eigenvalue weighted by Gasteiger charge is -2.04. The minimum atomic E-state index is -0.191. The first-order valence-electron chi connectivity index (χ1n) is 4.78. The Morgan fingerprint density at radius 1 is 1.31 bits per heavy atom. The molecule has 0 saturated heterocycles. The van der Waals surface area contributed by atoms with Crippen LogP contribution in [-0.4, -0.2) is 11.8 Å². The van der Waals surface area contributed by atoms with E-state index in [4.69, 9.17) is 11.6 Å². The lowest BCUT2D eigenvalue weighted by molar-refractivity contribution is -0.113. The van der Waals surface area contributed by atoms with Gasteiger partial charge in [0, 0.05) is 5.69 Å². The third-order valence-electron chi connectivity index (χ3n) is 2.12. The van der Waals surface area contributed by atoms with Gasteiger partial charge in [-0.3, -0.25) is 4.79 Å². The Kier molecular flexibility index (Phi) is 3.59. The molecule has 1 N–H and O–H groups in total. The number of hydrogen-bond donors (Lipinski definition) is 1. The quantitative estimate of drug-likeness (QED) is 0.830. The Morgan fingerprint density at radius 2 is 2.19 bits per heavy atom. The molecule has 0 radical (unpaired) electrons. The number of thiophene rings is 1. The Bertz CT molecular complexity index is 482. The molecule has 0 atom stereocenters. The summed E-state index contributed by atoms with van der Waals surface area (Å²) in [6.07, 6.45) is 0. The number of amides is 1. The summed E-state index contributed by atoms with van der Waals surface area (Å²) in [5, 5.41) is 6.83. The fourth-order valence-electron chi connectivity index (χ4n) is 1.40. The summed E-state index contributed by atoms with van der Waals surface area (Å²) in [7, 11) is 0. The Balaban J connectivity index is 2.23. The van der Waals surface area contributed by atoms with Crippen LogP contribution in [0.4, 0.5) is 5.69 Å². The normalized spacial score (nSPS) is 10.1. The molecule has 2 aromatic rings. The van der Waals surface area contributed by atoms with Crippen LogP contribution in [0.3, 0.4) is 0 Å². The molecule has 0 saturated carbocycles. The smallest absolute Gasteiger partial charge is 0.239 e. The predicted molar refractivity (Wildman–Crippen MR) is 69.1 cm³/mol. The molecule has 0 aliphatic heterocycles. The molecule has 0 unspecified atom stereocenters. The van der Waals surface area contributed by atoms with E-state index in [2.05, 4.69) is 10.7 Å². The van der Waals surface area contributed by atoms with Crippen LogP contribution in [0, 0.1) is 0 Å². The second-order valence-electron chi connectivity index (χ2n) is 3.27. The molecule has 0 fully saturated rings. The van der Waals surface area contributed by atoms with Gasteiger partial charge in [-0.15, -0.1) is 11.6 Å². The molecule has 4 heteroatoms. The molecule has 1 aromatic carbocycles. The molecule has 2 rings (SSSR count). The van der Waals surface area contributed by atoms with Crippen molar-refractivity contribution in [1.82, 2.24) is 0 Å². The number of nitrogens with one attached hydrogen (secondary N) is 1. The number of rotatable bonds is 3. The number of carbonyl (C=O) groups excluding carboxylic acids is 1. The SMILES string of the molecule is O=C(CCl)Nc1cccc(-c2ccsc2)c1. The highest BCUT2D eigenvalue weighted by atomic mass is 35.5. The number of alkyl halides is 1. The zero-order valence-electron chi connectivity index (χ0n) is 8.44. The number of carbonyl (C=O) groups is 1. The van der Waals surface area contributed by atoms with E-state index in [0.717, 1.165) is 16.8 Å². The molecular weight excluding hydrogens is 242 g/mol. The second kappa shape index (κ2) is 5.14. The summed E-state index contributed by atoms with van der Waals surface area (Å²) < 4.78 is 0. The monoisotopic (exact) mass is 251 g/mol. The van der Waals surface area contributed by atoms with E-state index in [1.165, 1.54) is 0 Å². The van der Waals surface area contributed by atoms with Gasteiger partial charge in [0.25, 0.3) is 0 Å². The highest BCUT2D eigenvalue weighted by Gasteiger charge is 2.02. The zero-order chi connectivity index (χ0) is 11.4. The van der Waals surface area contributed by atoms with Crippen molar-refractivity contribution in [3.05, 3.63) is 41.1 Å². The molecule has 0 bridgehead atoms. The van der Waals surface area contributed by atoms with Crippen LogP contribution in [0.25, 0.3) is 11.1 Å². The van der Waals surface area contributed by atoms with Crippen LogP contribution >= 0.6 is 22.9 Å². The first-order chi connectivity index (χ1) is 7.79. The average Bonchev–Trinajstić information content (AvgIpc) is 2.83. The maximum atomic E-state index is 11.1. The van der Waals surface area contributed by atoms with Crippen molar-refractivity contribution < 1.29 is 4.79 Å². The van der Waals surface area contributed by atoms with Gasteiger partial charge >= 0.3 is 0 Å². The summed E-state index contributed by atoms with van der Waals surface area (Å²) in [6.45, 7) is 0. The van der Waals surface area contributed by atoms with Crippen LogP contribution in [-0.2, 0) is 4.79 Å². The molecule has 1 amide bonds. The summed E-state index contributed by atoms with van der Waals surface area (Å²) in [5.74, 6) is -0.216. The second-order valence-corrected chi connectivity index (χ2v) is 4.32. The van der Waals surface area contributed by atoms with Gasteiger partial charge in [0.1, 0.15) is 5.88 Å². The Labute approximate surface area is 103 Å². The molecule has 82 valence electrons. The topological polar surface area (TPSA) is 29.1 Å². The first-order valence-corrected chi connectivity index (χ1v) is 6.26. The van der Waals surface area contributed by atoms with Crippen molar-refractivity contribution in [2.45, 2.75) is 0 Å². The highest BCUT2D eigenvalue weighted by molar-refractivity contribution is 7.08. The minimum Gasteiger partial charge on any atom is -0.325 e. The van der Waals surface area contributed by atoms with Crippen molar-refractivity contribution in [3.8, 4) is 11.1 Å². The number of hydrogen-bond acceptors (Lipinski definition) is 2. The van der Waals surface area contributed by atoms with E-state index in [0.29, 0.717) is 0 Å². The lowest BCUT2D eigenvalue weighted by atomic mass is 10.1. The Hall–Kier alpha value is -1.32. The van der Waals surface area contributed by atoms with E-state index < -0.39 is 0 Å². The lowest BCUT2D eigenvalue weighted by Crippen LogP contribution is -2.12. The summed E-state index contributed by atoms with van der Waals surface area (Å²) in [6, 6.07) is 9.76. The van der Waals surface area contributed by atoms with Gasteiger partial charge in [-0.2, -0.15) is 11.3 Å². The van der Waals surface area contributed by atoms with E-state index in [1.54, 1.807) is 11.3 Å². The van der Waals surface area contributed by atoms with Crippen LogP contribution < -0.4 is 5.32 Å². The maximum absolute atomic E-state index is 11.1. The predicted octanol–water partition coefficient (Wildman–Crippen LogP) is 3.59. The van der Waals surface area contributed by atoms with Gasteiger partial charge in [0.05, 0.1) is 0 Å². The molecule has 2 nitrogen and oxygen atoms in total. The van der Waals surface area contributed by atoms with Crippen molar-refractivity contribution >= 4 is 34.5 Å². The van der Waals surface area contributed by atoms with Crippen LogP contribution in [0.5, 0.6) is 0 Å². The van der Waals surface area contributed by atoms with Crippen LogP contribution in [0.2, 0.25) is 0 Å². The average molecular weight is 252 g/mol. The van der Waals surface area contributed by atoms with E-state index in [9.17, 15) is 4.79 Å². The minimum absolute atomic E-state index is 0.0251. The molecule has 1 aromatic heterocycles. The summed E-state index contributed by atoms with van der Waals surface area (Å²) in [5.41, 5.74) is 3.02. The van der Waals surface area contributed by atoms with Gasteiger partial charge < -0.3 is 5.32 Å². The van der Waals surface area contributed by atoms with Crippen molar-refractivity contribution in [2.24, 2.45) is 0 Å². The molecule has 0 aliphatic rings. The molecule has 0 aliphatic carbocycles. The molecule has 1 heterocycles. The zero-order valence-corrected chi connectivity index (χ0v) is 10.0. The number of halogens is 1. The van der Waals surface area contributed by atoms with Gasteiger partial charge in [0.2, 0.25) is 5.91 Å². The molecule has 0 spiro atoms. The summed E-state index contributed by atoms with van der Waals surface area (Å²) >= 11 is 7.08. The van der Waals surface area contributed by atoms with Crippen molar-refractivity contribution in [1.29, 1.82) is 0 Å². The van der Waals surface area contributed by atoms with Gasteiger partial charge in [-0.1, -0.05) is 12.1 Å². The third kappa shape index (κ3) is 2.62. The fourth-order valence-corrected chi connectivity index (χ4v) is 2.13. The first kappa shape index (κ1) is 11.2. The van der Waals surface area contributed by atoms with E-state index in [-0.39, 0.29) is 11.8 Å². The standard InChI is InChI=1S/C12H10ClNOS/c13-7-12(15)14-11-3-1-2-9(6-11)10-4-5-16-8-10/h1-6,8H,7H2,(H,14,15). The van der Waals surface area contributed by atoms with Gasteiger partial charge in [-0.25, -0.2) is 0 Å². The largest absolute Gasteiger partial charge is 0.325 e. The third-order valence-corrected chi connectivity index (χ3v) is 3.05. The molecular formula is C12H10ClNOS. The number of anilines is 1. The number of benzene rings is 1. The van der Waals surface area contributed by atoms with E-state index >= 15 is 0 Å². The van der Waals surface area contributed by atoms with Crippen molar-refractivity contribution in [3.63, 3.8) is 0 Å². The summed E-state index contributed by atoms with van der Waals surface area (Å²) in [4.78, 5) is 11.1. The van der Waals surface area contributed by atoms with Gasteiger partial charge in [0.15, 0.2) is 0 Å². The van der Waals surface area contributed by atoms with Crippen molar-refractivity contribution in [2.75, 3.05) is 11.2 Å².